The summed E-state index contributed by atoms with van der Waals surface area (Å²) in [5.41, 5.74) is 0.861. The van der Waals surface area contributed by atoms with Gasteiger partial charge in [-0.25, -0.2) is 4.98 Å². The van der Waals surface area contributed by atoms with Crippen LogP contribution in [0.25, 0.3) is 10.2 Å². The number of rotatable bonds is 4. The summed E-state index contributed by atoms with van der Waals surface area (Å²) in [6.45, 7) is 0.985. The molecule has 3 heterocycles. The summed E-state index contributed by atoms with van der Waals surface area (Å²) in [7, 11) is 0. The van der Waals surface area contributed by atoms with Crippen molar-refractivity contribution in [2.45, 2.75) is 37.9 Å². The van der Waals surface area contributed by atoms with E-state index in [2.05, 4.69) is 10.3 Å². The summed E-state index contributed by atoms with van der Waals surface area (Å²) in [5, 5.41) is 6.20. The summed E-state index contributed by atoms with van der Waals surface area (Å²) in [6.07, 6.45) is 6.30. The van der Waals surface area contributed by atoms with Gasteiger partial charge in [0.15, 0.2) is 0 Å². The molecule has 1 aromatic carbocycles. The topological polar surface area (TPSA) is 60.5 Å². The van der Waals surface area contributed by atoms with Crippen LogP contribution < -0.4 is 5.32 Å². The van der Waals surface area contributed by atoms with Crippen LogP contribution in [0.3, 0.4) is 0 Å². The van der Waals surface area contributed by atoms with Crippen molar-refractivity contribution in [1.29, 1.82) is 0 Å². The molecule has 0 atom stereocenters. The van der Waals surface area contributed by atoms with Gasteiger partial charge in [0.1, 0.15) is 10.2 Å². The molecule has 2 aliphatic rings. The maximum Gasteiger partial charge on any atom is 0.236 e. The standard InChI is InChI=1S/C23H24N2O3S/c26-21(25-19-15-17-9-14-29-20(17)24-16-19)22(10-5-2-6-11-22)23(27-12-13-28-23)18-7-3-1-4-8-18/h1,3-4,7-9,14-16H,2,5-6,10-13H2,(H,25,26). The average molecular weight is 409 g/mol. The van der Waals surface area contributed by atoms with Crippen molar-refractivity contribution in [1.82, 2.24) is 4.98 Å². The maximum absolute atomic E-state index is 13.8. The number of nitrogens with zero attached hydrogens (tertiary/aromatic N) is 1. The lowest BCUT2D eigenvalue weighted by atomic mass is 9.65. The zero-order valence-electron chi connectivity index (χ0n) is 16.2. The number of benzene rings is 1. The Kier molecular flexibility index (Phi) is 4.86. The Morgan fingerprint density at radius 1 is 1.03 bits per heavy atom. The van der Waals surface area contributed by atoms with Crippen LogP contribution in [-0.4, -0.2) is 24.1 Å². The molecule has 1 saturated heterocycles. The van der Waals surface area contributed by atoms with Gasteiger partial charge < -0.3 is 14.8 Å². The molecule has 2 fully saturated rings. The van der Waals surface area contributed by atoms with Crippen molar-refractivity contribution >= 4 is 33.1 Å². The van der Waals surface area contributed by atoms with Gasteiger partial charge in [0.2, 0.25) is 11.7 Å². The predicted molar refractivity (Wildman–Crippen MR) is 114 cm³/mol. The second kappa shape index (κ2) is 7.52. The minimum atomic E-state index is -1.04. The van der Waals surface area contributed by atoms with Crippen LogP contribution in [-0.2, 0) is 20.1 Å². The number of hydrogen-bond donors (Lipinski definition) is 1. The largest absolute Gasteiger partial charge is 0.343 e. The summed E-state index contributed by atoms with van der Waals surface area (Å²) in [5.74, 6) is -1.09. The van der Waals surface area contributed by atoms with Crippen molar-refractivity contribution in [3.8, 4) is 0 Å². The first-order valence-electron chi connectivity index (χ1n) is 10.2. The third-order valence-corrected chi connectivity index (χ3v) is 7.02. The zero-order valence-corrected chi connectivity index (χ0v) is 17.0. The van der Waals surface area contributed by atoms with E-state index in [1.165, 1.54) is 0 Å². The van der Waals surface area contributed by atoms with Crippen LogP contribution >= 0.6 is 11.3 Å². The highest BCUT2D eigenvalue weighted by Gasteiger charge is 2.61. The number of nitrogens with one attached hydrogen (secondary N) is 1. The van der Waals surface area contributed by atoms with E-state index in [0.29, 0.717) is 18.9 Å². The Bertz CT molecular complexity index is 1010. The van der Waals surface area contributed by atoms with Crippen molar-refractivity contribution in [2.75, 3.05) is 18.5 Å². The highest BCUT2D eigenvalue weighted by atomic mass is 32.1. The van der Waals surface area contributed by atoms with E-state index >= 15 is 0 Å². The lowest BCUT2D eigenvalue weighted by molar-refractivity contribution is -0.249. The van der Waals surface area contributed by atoms with Crippen LogP contribution in [0.5, 0.6) is 0 Å². The van der Waals surface area contributed by atoms with Crippen molar-refractivity contribution in [3.63, 3.8) is 0 Å². The third kappa shape index (κ3) is 3.06. The highest BCUT2D eigenvalue weighted by molar-refractivity contribution is 7.16. The Morgan fingerprint density at radius 3 is 2.55 bits per heavy atom. The molecule has 1 amide bonds. The lowest BCUT2D eigenvalue weighted by Crippen LogP contribution is -2.55. The fourth-order valence-corrected chi connectivity index (χ4v) is 5.55. The Balaban J connectivity index is 1.55. The zero-order chi connectivity index (χ0) is 19.7. The molecule has 29 heavy (non-hydrogen) atoms. The molecule has 0 unspecified atom stereocenters. The number of aromatic nitrogens is 1. The van der Waals surface area contributed by atoms with Crippen molar-refractivity contribution in [2.24, 2.45) is 5.41 Å². The molecule has 1 aliphatic carbocycles. The first-order valence-corrected chi connectivity index (χ1v) is 11.1. The quantitative estimate of drug-likeness (QED) is 0.654. The first-order chi connectivity index (χ1) is 14.2. The molecule has 6 heteroatoms. The van der Waals surface area contributed by atoms with E-state index in [-0.39, 0.29) is 5.91 Å². The molecule has 1 saturated carbocycles. The summed E-state index contributed by atoms with van der Waals surface area (Å²) in [4.78, 5) is 19.3. The fourth-order valence-electron chi connectivity index (χ4n) is 4.83. The van der Waals surface area contributed by atoms with Crippen LogP contribution in [0.2, 0.25) is 0 Å². The van der Waals surface area contributed by atoms with Crippen molar-refractivity contribution < 1.29 is 14.3 Å². The van der Waals surface area contributed by atoms with E-state index in [9.17, 15) is 4.79 Å². The molecule has 0 spiro atoms. The van der Waals surface area contributed by atoms with Crippen LogP contribution in [0.15, 0.2) is 54.0 Å². The molecule has 150 valence electrons. The second-order valence-electron chi connectivity index (χ2n) is 7.82. The lowest BCUT2D eigenvalue weighted by Gasteiger charge is -2.47. The SMILES string of the molecule is O=C(Nc1cnc2sccc2c1)C1(C2(c3ccccc3)OCCO2)CCCCC1. The van der Waals surface area contributed by atoms with Gasteiger partial charge >= 0.3 is 0 Å². The number of fused-ring (bicyclic) bond motifs is 1. The van der Waals surface area contributed by atoms with Gasteiger partial charge in [0.05, 0.1) is 25.1 Å². The molecule has 1 N–H and O–H groups in total. The number of anilines is 1. The number of hydrogen-bond acceptors (Lipinski definition) is 5. The second-order valence-corrected chi connectivity index (χ2v) is 8.71. The van der Waals surface area contributed by atoms with Crippen LogP contribution in [0, 0.1) is 5.41 Å². The normalized spacial score (nSPS) is 20.6. The molecule has 5 nitrogen and oxygen atoms in total. The van der Waals surface area contributed by atoms with Gasteiger partial charge in [-0.3, -0.25) is 4.79 Å². The summed E-state index contributed by atoms with van der Waals surface area (Å²) in [6, 6.07) is 14.0. The molecule has 1 aliphatic heterocycles. The van der Waals surface area contributed by atoms with E-state index in [0.717, 1.165) is 47.9 Å². The summed E-state index contributed by atoms with van der Waals surface area (Å²) < 4.78 is 12.6. The smallest absolute Gasteiger partial charge is 0.236 e. The molecule has 5 rings (SSSR count). The Morgan fingerprint density at radius 2 is 1.79 bits per heavy atom. The van der Waals surface area contributed by atoms with Gasteiger partial charge in [-0.2, -0.15) is 0 Å². The van der Waals surface area contributed by atoms with Gasteiger partial charge in [-0.05, 0) is 30.4 Å². The predicted octanol–water partition coefficient (Wildman–Crippen LogP) is 5.09. The fraction of sp³-hybridized carbons (Fsp3) is 0.391. The van der Waals surface area contributed by atoms with Gasteiger partial charge in [-0.15, -0.1) is 11.3 Å². The average Bonchev–Trinajstić information content (AvgIpc) is 3.45. The Labute approximate surface area is 174 Å². The molecule has 0 radical (unpaired) electrons. The molecule has 0 bridgehead atoms. The number of pyridine rings is 1. The number of ether oxygens (including phenoxy) is 2. The monoisotopic (exact) mass is 408 g/mol. The van der Waals surface area contributed by atoms with Crippen LogP contribution in [0.1, 0.15) is 37.7 Å². The minimum absolute atomic E-state index is 0.0423. The first kappa shape index (κ1) is 18.7. The highest BCUT2D eigenvalue weighted by Crippen LogP contribution is 2.55. The van der Waals surface area contributed by atoms with E-state index in [1.54, 1.807) is 17.5 Å². The van der Waals surface area contributed by atoms with Gasteiger partial charge in [-0.1, -0.05) is 49.6 Å². The molecular formula is C23H24N2O3S. The number of carbonyl (C=O) groups is 1. The number of thiophene rings is 1. The minimum Gasteiger partial charge on any atom is -0.343 e. The number of amides is 1. The van der Waals surface area contributed by atoms with Crippen LogP contribution in [0.4, 0.5) is 5.69 Å². The third-order valence-electron chi connectivity index (χ3n) is 6.18. The van der Waals surface area contributed by atoms with E-state index in [1.807, 2.05) is 47.8 Å². The molecular weight excluding hydrogens is 384 g/mol. The Hall–Kier alpha value is -2.28. The maximum atomic E-state index is 13.8. The van der Waals surface area contributed by atoms with Crippen molar-refractivity contribution in [3.05, 3.63) is 59.6 Å². The molecule has 2 aromatic heterocycles. The van der Waals surface area contributed by atoms with Gasteiger partial charge in [0, 0.05) is 10.9 Å². The van der Waals surface area contributed by atoms with Gasteiger partial charge in [0.25, 0.3) is 0 Å². The van der Waals surface area contributed by atoms with E-state index < -0.39 is 11.2 Å². The molecule has 3 aromatic rings. The number of carbonyl (C=O) groups excluding carboxylic acids is 1. The summed E-state index contributed by atoms with van der Waals surface area (Å²) >= 11 is 1.60. The van der Waals surface area contributed by atoms with E-state index in [4.69, 9.17) is 9.47 Å².